The first-order valence-electron chi connectivity index (χ1n) is 6.41. The molecular weight excluding hydrogens is 283 g/mol. The van der Waals surface area contributed by atoms with Crippen LogP contribution in [0, 0.1) is 5.82 Å². The van der Waals surface area contributed by atoms with Crippen LogP contribution in [0.15, 0.2) is 23.1 Å². The largest absolute Gasteiger partial charge is 0.383 e. The minimum Gasteiger partial charge on any atom is -0.383 e. The number of nitrogens with one attached hydrogen (secondary N) is 2. The molecule has 1 aromatic carbocycles. The van der Waals surface area contributed by atoms with Gasteiger partial charge in [-0.3, -0.25) is 0 Å². The van der Waals surface area contributed by atoms with Gasteiger partial charge in [0.05, 0.1) is 6.61 Å². The molecule has 1 unspecified atom stereocenters. The number of hydrogen-bond donors (Lipinski definition) is 2. The van der Waals surface area contributed by atoms with E-state index in [1.54, 1.807) is 13.0 Å². The first kappa shape index (κ1) is 17.0. The zero-order valence-electron chi connectivity index (χ0n) is 11.9. The van der Waals surface area contributed by atoms with Crippen LogP contribution in [0.1, 0.15) is 19.4 Å². The quantitative estimate of drug-likeness (QED) is 0.758. The van der Waals surface area contributed by atoms with Gasteiger partial charge >= 0.3 is 0 Å². The number of methoxy groups -OCH3 is 1. The highest BCUT2D eigenvalue weighted by atomic mass is 32.2. The highest BCUT2D eigenvalue weighted by molar-refractivity contribution is 7.89. The summed E-state index contributed by atoms with van der Waals surface area (Å²) in [6.07, 6.45) is 0. The third kappa shape index (κ3) is 4.82. The van der Waals surface area contributed by atoms with Gasteiger partial charge in [0.2, 0.25) is 10.0 Å². The monoisotopic (exact) mass is 304 g/mol. The fourth-order valence-corrected chi connectivity index (χ4v) is 3.10. The minimum absolute atomic E-state index is 0.220. The number of hydrogen-bond acceptors (Lipinski definition) is 4. The van der Waals surface area contributed by atoms with Gasteiger partial charge in [0.25, 0.3) is 0 Å². The summed E-state index contributed by atoms with van der Waals surface area (Å²) in [6.45, 7) is 5.06. The smallest absolute Gasteiger partial charge is 0.243 e. The lowest BCUT2D eigenvalue weighted by Crippen LogP contribution is -2.36. The molecule has 0 saturated carbocycles. The molecule has 1 aromatic rings. The molecule has 0 amide bonds. The maximum atomic E-state index is 13.8. The normalized spacial score (nSPS) is 13.4. The lowest BCUT2D eigenvalue weighted by Gasteiger charge is -2.14. The Hall–Kier alpha value is -1.02. The number of ether oxygens (including phenoxy) is 1. The van der Waals surface area contributed by atoms with Gasteiger partial charge in [-0.2, -0.15) is 0 Å². The summed E-state index contributed by atoms with van der Waals surface area (Å²) in [5.74, 6) is -0.762. The van der Waals surface area contributed by atoms with Crippen LogP contribution in [0.2, 0.25) is 0 Å². The Kier molecular flexibility index (Phi) is 6.54. The van der Waals surface area contributed by atoms with Crippen molar-refractivity contribution in [3.8, 4) is 0 Å². The predicted octanol–water partition coefficient (Wildman–Crippen LogP) is 1.25. The molecule has 0 radical (unpaired) electrons. The summed E-state index contributed by atoms with van der Waals surface area (Å²) in [4.78, 5) is -0.337. The Morgan fingerprint density at radius 1 is 1.40 bits per heavy atom. The third-order valence-electron chi connectivity index (χ3n) is 2.64. The fraction of sp³-hybridized carbons (Fsp3) is 0.538. The number of rotatable bonds is 8. The van der Waals surface area contributed by atoms with E-state index in [-0.39, 0.29) is 11.5 Å². The molecule has 0 spiro atoms. The Bertz CT molecular complexity index is 534. The van der Waals surface area contributed by atoms with Gasteiger partial charge < -0.3 is 10.1 Å². The Labute approximate surface area is 119 Å². The molecule has 1 atom stereocenters. The molecule has 0 heterocycles. The molecule has 0 aliphatic heterocycles. The third-order valence-corrected chi connectivity index (χ3v) is 4.24. The molecule has 2 N–H and O–H groups in total. The number of sulfonamides is 1. The molecule has 0 bridgehead atoms. The maximum absolute atomic E-state index is 13.8. The van der Waals surface area contributed by atoms with Gasteiger partial charge in [0.15, 0.2) is 0 Å². The predicted molar refractivity (Wildman–Crippen MR) is 75.4 cm³/mol. The molecule has 0 aromatic heterocycles. The molecule has 5 nitrogen and oxygen atoms in total. The number of benzene rings is 1. The van der Waals surface area contributed by atoms with Crippen molar-refractivity contribution in [3.05, 3.63) is 29.6 Å². The van der Waals surface area contributed by atoms with E-state index in [1.165, 1.54) is 19.2 Å². The molecule has 0 saturated heterocycles. The first-order chi connectivity index (χ1) is 9.40. The standard InChI is InChI=1S/C13H21FN2O3S/c1-4-15-8-11-5-6-12(14)13(7-11)20(17,18)16-10(2)9-19-3/h5-7,10,15-16H,4,8-9H2,1-3H3. The summed E-state index contributed by atoms with van der Waals surface area (Å²) < 4.78 is 45.3. The van der Waals surface area contributed by atoms with Crippen molar-refractivity contribution in [2.45, 2.75) is 31.3 Å². The van der Waals surface area contributed by atoms with Crippen LogP contribution in [-0.2, 0) is 21.3 Å². The van der Waals surface area contributed by atoms with Crippen LogP contribution in [0.5, 0.6) is 0 Å². The van der Waals surface area contributed by atoms with Crippen LogP contribution < -0.4 is 10.0 Å². The molecular formula is C13H21FN2O3S. The van der Waals surface area contributed by atoms with Gasteiger partial charge in [0, 0.05) is 19.7 Å². The lowest BCUT2D eigenvalue weighted by atomic mass is 10.2. The van der Waals surface area contributed by atoms with Gasteiger partial charge in [-0.25, -0.2) is 17.5 Å². The van der Waals surface area contributed by atoms with Crippen LogP contribution in [-0.4, -0.2) is 34.7 Å². The Morgan fingerprint density at radius 2 is 2.10 bits per heavy atom. The van der Waals surface area contributed by atoms with Gasteiger partial charge in [0.1, 0.15) is 10.7 Å². The first-order valence-corrected chi connectivity index (χ1v) is 7.89. The highest BCUT2D eigenvalue weighted by Gasteiger charge is 2.21. The Morgan fingerprint density at radius 3 is 2.70 bits per heavy atom. The zero-order chi connectivity index (χ0) is 15.2. The van der Waals surface area contributed by atoms with Gasteiger partial charge in [-0.1, -0.05) is 13.0 Å². The van der Waals surface area contributed by atoms with E-state index in [4.69, 9.17) is 4.74 Å². The molecule has 0 aliphatic carbocycles. The van der Waals surface area contributed by atoms with Crippen molar-refractivity contribution in [2.24, 2.45) is 0 Å². The molecule has 114 valence electrons. The van der Waals surface area contributed by atoms with Crippen LogP contribution in [0.3, 0.4) is 0 Å². The summed E-state index contributed by atoms with van der Waals surface area (Å²) in [7, 11) is -2.42. The van der Waals surface area contributed by atoms with Crippen LogP contribution in [0.25, 0.3) is 0 Å². The second kappa shape index (κ2) is 7.68. The van der Waals surface area contributed by atoms with Crippen LogP contribution >= 0.6 is 0 Å². The topological polar surface area (TPSA) is 67.4 Å². The SMILES string of the molecule is CCNCc1ccc(F)c(S(=O)(=O)NC(C)COC)c1. The van der Waals surface area contributed by atoms with E-state index in [1.807, 2.05) is 6.92 Å². The van der Waals surface area contributed by atoms with Gasteiger partial charge in [-0.05, 0) is 31.2 Å². The minimum atomic E-state index is -3.89. The molecule has 20 heavy (non-hydrogen) atoms. The van der Waals surface area contributed by atoms with E-state index >= 15 is 0 Å². The zero-order valence-corrected chi connectivity index (χ0v) is 12.8. The van der Waals surface area contributed by atoms with Crippen LogP contribution in [0.4, 0.5) is 4.39 Å². The van der Waals surface area contributed by atoms with Gasteiger partial charge in [-0.15, -0.1) is 0 Å². The van der Waals surface area contributed by atoms with Crippen molar-refractivity contribution in [3.63, 3.8) is 0 Å². The highest BCUT2D eigenvalue weighted by Crippen LogP contribution is 2.17. The van der Waals surface area contributed by atoms with E-state index in [0.29, 0.717) is 12.1 Å². The van der Waals surface area contributed by atoms with E-state index in [2.05, 4.69) is 10.0 Å². The van der Waals surface area contributed by atoms with Crippen molar-refractivity contribution in [1.29, 1.82) is 0 Å². The van der Waals surface area contributed by atoms with Crippen molar-refractivity contribution < 1.29 is 17.5 Å². The molecule has 0 aliphatic rings. The van der Waals surface area contributed by atoms with Crippen molar-refractivity contribution >= 4 is 10.0 Å². The lowest BCUT2D eigenvalue weighted by molar-refractivity contribution is 0.180. The summed E-state index contributed by atoms with van der Waals surface area (Å²) in [5.41, 5.74) is 0.716. The van der Waals surface area contributed by atoms with E-state index in [0.717, 1.165) is 6.54 Å². The average molecular weight is 304 g/mol. The van der Waals surface area contributed by atoms with Crippen molar-refractivity contribution in [1.82, 2.24) is 10.0 Å². The van der Waals surface area contributed by atoms with E-state index < -0.39 is 21.9 Å². The Balaban J connectivity index is 2.98. The molecule has 0 fully saturated rings. The number of halogens is 1. The maximum Gasteiger partial charge on any atom is 0.243 e. The molecule has 1 rings (SSSR count). The summed E-state index contributed by atoms with van der Waals surface area (Å²) in [5, 5.41) is 3.07. The molecule has 7 heteroatoms. The fourth-order valence-electron chi connectivity index (χ4n) is 1.75. The summed E-state index contributed by atoms with van der Waals surface area (Å²) in [6, 6.07) is 3.65. The van der Waals surface area contributed by atoms with Crippen molar-refractivity contribution in [2.75, 3.05) is 20.3 Å². The summed E-state index contributed by atoms with van der Waals surface area (Å²) >= 11 is 0. The second-order valence-electron chi connectivity index (χ2n) is 4.52. The second-order valence-corrected chi connectivity index (χ2v) is 6.21. The average Bonchev–Trinajstić information content (AvgIpc) is 2.37. The van der Waals surface area contributed by atoms with E-state index in [9.17, 15) is 12.8 Å².